The second-order valence-electron chi connectivity index (χ2n) is 7.89. The fourth-order valence-electron chi connectivity index (χ4n) is 4.21. The van der Waals surface area contributed by atoms with Gasteiger partial charge in [0.2, 0.25) is 0 Å². The number of piperazine rings is 1. The van der Waals surface area contributed by atoms with E-state index >= 15 is 0 Å². The molecule has 0 spiro atoms. The van der Waals surface area contributed by atoms with Crippen molar-refractivity contribution < 1.29 is 14.3 Å². The van der Waals surface area contributed by atoms with Crippen LogP contribution in [0.2, 0.25) is 0 Å². The van der Waals surface area contributed by atoms with Crippen LogP contribution in [-0.2, 0) is 6.42 Å². The molecular formula is C20H30FN3O2. The van der Waals surface area contributed by atoms with Gasteiger partial charge in [-0.1, -0.05) is 19.1 Å². The molecule has 0 radical (unpaired) electrons. The molecule has 2 N–H and O–H groups in total. The molecule has 5 nitrogen and oxygen atoms in total. The van der Waals surface area contributed by atoms with Gasteiger partial charge in [0, 0.05) is 32.2 Å². The molecular weight excluding hydrogens is 333 g/mol. The van der Waals surface area contributed by atoms with Gasteiger partial charge < -0.3 is 15.3 Å². The van der Waals surface area contributed by atoms with Gasteiger partial charge in [-0.2, -0.15) is 0 Å². The number of β-amino-alcohol motifs (C(OH)–C–C–N with tert-alkyl or cyclic N) is 1. The van der Waals surface area contributed by atoms with Gasteiger partial charge in [-0.3, -0.25) is 4.90 Å². The first kappa shape index (κ1) is 19.1. The molecule has 0 bridgehead atoms. The highest BCUT2D eigenvalue weighted by Gasteiger charge is 2.32. The van der Waals surface area contributed by atoms with Gasteiger partial charge in [-0.15, -0.1) is 0 Å². The standard InChI is InChI=1S/C20H30FN3O2/c1-13-7-8-16-17(5-4-6-18(16)21)19(13)22-20(26)24-10-9-23(12-15(3)25)14(2)11-24/h4-6,13-15,19,25H,7-12H2,1-3H3,(H,22,26)/t13-,14+,15+,19+/m1/s1. The van der Waals surface area contributed by atoms with Crippen molar-refractivity contribution >= 4 is 6.03 Å². The summed E-state index contributed by atoms with van der Waals surface area (Å²) in [5, 5.41) is 12.7. The van der Waals surface area contributed by atoms with E-state index in [0.29, 0.717) is 19.6 Å². The predicted molar refractivity (Wildman–Crippen MR) is 99.4 cm³/mol. The minimum atomic E-state index is -0.368. The smallest absolute Gasteiger partial charge is 0.317 e. The first-order valence-corrected chi connectivity index (χ1v) is 9.61. The monoisotopic (exact) mass is 363 g/mol. The van der Waals surface area contributed by atoms with Crippen LogP contribution in [-0.4, -0.2) is 59.3 Å². The van der Waals surface area contributed by atoms with Crippen LogP contribution in [0.15, 0.2) is 18.2 Å². The van der Waals surface area contributed by atoms with E-state index < -0.39 is 0 Å². The van der Waals surface area contributed by atoms with E-state index in [1.54, 1.807) is 13.0 Å². The Morgan fingerprint density at radius 3 is 2.85 bits per heavy atom. The quantitative estimate of drug-likeness (QED) is 0.868. The summed E-state index contributed by atoms with van der Waals surface area (Å²) in [4.78, 5) is 16.9. The van der Waals surface area contributed by atoms with Gasteiger partial charge >= 0.3 is 6.03 Å². The van der Waals surface area contributed by atoms with E-state index in [1.807, 2.05) is 11.0 Å². The van der Waals surface area contributed by atoms with Crippen molar-refractivity contribution in [2.75, 3.05) is 26.2 Å². The summed E-state index contributed by atoms with van der Waals surface area (Å²) in [6, 6.07) is 5.13. The first-order valence-electron chi connectivity index (χ1n) is 9.61. The molecule has 2 aliphatic rings. The fraction of sp³-hybridized carbons (Fsp3) is 0.650. The lowest BCUT2D eigenvalue weighted by Crippen LogP contribution is -2.57. The van der Waals surface area contributed by atoms with Crippen LogP contribution < -0.4 is 5.32 Å². The number of hydrogen-bond acceptors (Lipinski definition) is 3. The fourth-order valence-corrected chi connectivity index (χ4v) is 4.21. The number of nitrogens with zero attached hydrogens (tertiary/aromatic N) is 2. The number of benzene rings is 1. The van der Waals surface area contributed by atoms with Gasteiger partial charge in [0.15, 0.2) is 0 Å². The molecule has 0 aromatic heterocycles. The van der Waals surface area contributed by atoms with E-state index in [0.717, 1.165) is 30.5 Å². The summed E-state index contributed by atoms with van der Waals surface area (Å²) in [6.45, 7) is 8.63. The molecule has 3 rings (SSSR count). The highest BCUT2D eigenvalue weighted by Crippen LogP contribution is 2.35. The third-order valence-electron chi connectivity index (χ3n) is 5.74. The van der Waals surface area contributed by atoms with Crippen LogP contribution in [0.1, 0.15) is 44.4 Å². The number of carbonyl (C=O) groups is 1. The minimum Gasteiger partial charge on any atom is -0.392 e. The van der Waals surface area contributed by atoms with E-state index in [-0.39, 0.29) is 36.0 Å². The highest BCUT2D eigenvalue weighted by atomic mass is 19.1. The van der Waals surface area contributed by atoms with Crippen molar-refractivity contribution in [1.29, 1.82) is 0 Å². The van der Waals surface area contributed by atoms with Gasteiger partial charge in [0.25, 0.3) is 0 Å². The van der Waals surface area contributed by atoms with E-state index in [9.17, 15) is 14.3 Å². The molecule has 1 fully saturated rings. The number of aliphatic hydroxyl groups is 1. The van der Waals surface area contributed by atoms with Gasteiger partial charge in [-0.25, -0.2) is 9.18 Å². The lowest BCUT2D eigenvalue weighted by atomic mass is 9.80. The van der Waals surface area contributed by atoms with Crippen LogP contribution in [0.4, 0.5) is 9.18 Å². The Labute approximate surface area is 155 Å². The molecule has 0 unspecified atom stereocenters. The van der Waals surface area contributed by atoms with Crippen molar-refractivity contribution in [1.82, 2.24) is 15.1 Å². The number of hydrogen-bond donors (Lipinski definition) is 2. The topological polar surface area (TPSA) is 55.8 Å². The van der Waals surface area contributed by atoms with Crippen LogP contribution in [0, 0.1) is 11.7 Å². The van der Waals surface area contributed by atoms with Crippen molar-refractivity contribution in [2.24, 2.45) is 5.92 Å². The molecule has 1 aliphatic heterocycles. The number of urea groups is 1. The van der Waals surface area contributed by atoms with Crippen LogP contribution in [0.3, 0.4) is 0 Å². The zero-order valence-electron chi connectivity index (χ0n) is 15.9. The lowest BCUT2D eigenvalue weighted by Gasteiger charge is -2.41. The van der Waals surface area contributed by atoms with Gasteiger partial charge in [0.1, 0.15) is 5.82 Å². The maximum Gasteiger partial charge on any atom is 0.317 e. The molecule has 1 heterocycles. The molecule has 26 heavy (non-hydrogen) atoms. The Bertz CT molecular complexity index is 652. The van der Waals surface area contributed by atoms with Crippen molar-refractivity contribution in [2.45, 2.75) is 51.8 Å². The third-order valence-corrected chi connectivity index (χ3v) is 5.74. The Morgan fingerprint density at radius 1 is 1.38 bits per heavy atom. The number of carbonyl (C=O) groups excluding carboxylic acids is 1. The molecule has 1 aromatic carbocycles. The normalized spacial score (nSPS) is 27.7. The van der Waals surface area contributed by atoms with Crippen LogP contribution >= 0.6 is 0 Å². The number of rotatable bonds is 3. The number of halogens is 1. The summed E-state index contributed by atoms with van der Waals surface area (Å²) in [5.74, 6) is 0.108. The second-order valence-corrected chi connectivity index (χ2v) is 7.89. The van der Waals surface area contributed by atoms with Crippen LogP contribution in [0.25, 0.3) is 0 Å². The van der Waals surface area contributed by atoms with Crippen LogP contribution in [0.5, 0.6) is 0 Å². The molecule has 4 atom stereocenters. The molecule has 2 amide bonds. The number of nitrogens with one attached hydrogen (secondary N) is 1. The molecule has 1 aliphatic carbocycles. The Balaban J connectivity index is 1.66. The third kappa shape index (κ3) is 4.01. The number of amides is 2. The van der Waals surface area contributed by atoms with E-state index in [4.69, 9.17) is 0 Å². The Morgan fingerprint density at radius 2 is 2.15 bits per heavy atom. The molecule has 1 saturated heterocycles. The Hall–Kier alpha value is -1.66. The zero-order chi connectivity index (χ0) is 18.8. The maximum absolute atomic E-state index is 14.1. The number of aliphatic hydroxyl groups excluding tert-OH is 1. The summed E-state index contributed by atoms with van der Waals surface area (Å²) >= 11 is 0. The second kappa shape index (κ2) is 7.92. The molecule has 144 valence electrons. The maximum atomic E-state index is 14.1. The minimum absolute atomic E-state index is 0.0810. The first-order chi connectivity index (χ1) is 12.4. The predicted octanol–water partition coefficient (Wildman–Crippen LogP) is 2.55. The summed E-state index contributed by atoms with van der Waals surface area (Å²) in [5.41, 5.74) is 1.66. The SMILES string of the molecule is C[C@H](O)CN1CCN(C(=O)N[C@@H]2c3cccc(F)c3CC[C@H]2C)C[C@@H]1C. The Kier molecular flexibility index (Phi) is 5.82. The summed E-state index contributed by atoms with van der Waals surface area (Å²) < 4.78 is 14.1. The average Bonchev–Trinajstić information content (AvgIpc) is 2.59. The van der Waals surface area contributed by atoms with Gasteiger partial charge in [0.05, 0.1) is 12.1 Å². The molecule has 0 saturated carbocycles. The largest absolute Gasteiger partial charge is 0.392 e. The highest BCUT2D eigenvalue weighted by molar-refractivity contribution is 5.75. The zero-order valence-corrected chi connectivity index (χ0v) is 15.9. The lowest BCUT2D eigenvalue weighted by molar-refractivity contribution is 0.0556. The molecule has 1 aromatic rings. The van der Waals surface area contributed by atoms with E-state index in [2.05, 4.69) is 24.1 Å². The number of fused-ring (bicyclic) bond motifs is 1. The van der Waals surface area contributed by atoms with Crippen molar-refractivity contribution in [3.8, 4) is 0 Å². The summed E-state index contributed by atoms with van der Waals surface area (Å²) in [6.07, 6.45) is 1.23. The summed E-state index contributed by atoms with van der Waals surface area (Å²) in [7, 11) is 0. The average molecular weight is 363 g/mol. The van der Waals surface area contributed by atoms with Crippen molar-refractivity contribution in [3.63, 3.8) is 0 Å². The van der Waals surface area contributed by atoms with Gasteiger partial charge in [-0.05, 0) is 49.8 Å². The van der Waals surface area contributed by atoms with Crippen molar-refractivity contribution in [3.05, 3.63) is 35.1 Å². The van der Waals surface area contributed by atoms with E-state index in [1.165, 1.54) is 6.07 Å². The molecule has 6 heteroatoms.